The van der Waals surface area contributed by atoms with Gasteiger partial charge in [-0.25, -0.2) is 0 Å². The van der Waals surface area contributed by atoms with Crippen LogP contribution < -0.4 is 10.1 Å². The number of benzene rings is 1. The zero-order chi connectivity index (χ0) is 20.5. The van der Waals surface area contributed by atoms with Crippen molar-refractivity contribution in [1.29, 1.82) is 0 Å². The highest BCUT2D eigenvalue weighted by Gasteiger charge is 2.29. The molecule has 7 nitrogen and oxygen atoms in total. The van der Waals surface area contributed by atoms with Gasteiger partial charge in [0.25, 0.3) is 11.8 Å². The number of hydrogen-bond acceptors (Lipinski definition) is 5. The molecule has 0 radical (unpaired) electrons. The van der Waals surface area contributed by atoms with Gasteiger partial charge in [-0.05, 0) is 51.0 Å². The number of ether oxygens (including phenoxy) is 2. The number of rotatable bonds is 8. The predicted molar refractivity (Wildman–Crippen MR) is 105 cm³/mol. The maximum absolute atomic E-state index is 12.7. The van der Waals surface area contributed by atoms with E-state index in [0.29, 0.717) is 17.9 Å². The lowest BCUT2D eigenvalue weighted by atomic mass is 9.94. The smallest absolute Gasteiger partial charge is 0.326 e. The molecule has 2 amide bonds. The molecule has 1 N–H and O–H groups in total. The quantitative estimate of drug-likeness (QED) is 0.690. The monoisotopic (exact) mass is 390 g/mol. The molecule has 0 spiro atoms. The molecule has 154 valence electrons. The van der Waals surface area contributed by atoms with Crippen LogP contribution in [0.2, 0.25) is 0 Å². The average Bonchev–Trinajstić information content (AvgIpc) is 2.73. The Morgan fingerprint density at radius 3 is 2.36 bits per heavy atom. The Balaban J connectivity index is 1.81. The predicted octanol–water partition coefficient (Wildman–Crippen LogP) is 2.54. The van der Waals surface area contributed by atoms with E-state index in [1.807, 2.05) is 11.8 Å². The van der Waals surface area contributed by atoms with Crippen molar-refractivity contribution >= 4 is 17.8 Å². The standard InChI is InChI=1S/C21H30N2O5/c1-4-23(17-8-6-5-7-9-17)21(26)15(2)28-19(24)14-22-20(25)16-10-12-18(27-3)13-11-16/h10-13,15,17H,4-9,14H2,1-3H3,(H,22,25)/t15-/m1/s1. The Labute approximate surface area is 166 Å². The highest BCUT2D eigenvalue weighted by Crippen LogP contribution is 2.23. The Morgan fingerprint density at radius 2 is 1.79 bits per heavy atom. The van der Waals surface area contributed by atoms with Gasteiger partial charge in [-0.2, -0.15) is 0 Å². The van der Waals surface area contributed by atoms with Crippen molar-refractivity contribution in [1.82, 2.24) is 10.2 Å². The number of likely N-dealkylation sites (N-methyl/N-ethyl adjacent to an activating group) is 1. The van der Waals surface area contributed by atoms with Gasteiger partial charge < -0.3 is 19.7 Å². The van der Waals surface area contributed by atoms with Gasteiger partial charge in [0.1, 0.15) is 12.3 Å². The zero-order valence-corrected chi connectivity index (χ0v) is 16.9. The number of nitrogens with one attached hydrogen (secondary N) is 1. The van der Waals surface area contributed by atoms with E-state index in [2.05, 4.69) is 5.32 Å². The van der Waals surface area contributed by atoms with Crippen LogP contribution in [0, 0.1) is 0 Å². The Morgan fingerprint density at radius 1 is 1.14 bits per heavy atom. The first-order valence-electron chi connectivity index (χ1n) is 9.88. The molecular formula is C21H30N2O5. The van der Waals surface area contributed by atoms with E-state index in [9.17, 15) is 14.4 Å². The number of nitrogens with zero attached hydrogens (tertiary/aromatic N) is 1. The maximum atomic E-state index is 12.7. The number of amides is 2. The summed E-state index contributed by atoms with van der Waals surface area (Å²) in [5, 5.41) is 2.51. The lowest BCUT2D eigenvalue weighted by Crippen LogP contribution is -2.47. The fraction of sp³-hybridized carbons (Fsp3) is 0.571. The van der Waals surface area contributed by atoms with Crippen molar-refractivity contribution in [2.24, 2.45) is 0 Å². The van der Waals surface area contributed by atoms with Gasteiger partial charge in [-0.3, -0.25) is 14.4 Å². The molecule has 28 heavy (non-hydrogen) atoms. The summed E-state index contributed by atoms with van der Waals surface area (Å²) in [5.74, 6) is -0.565. The zero-order valence-electron chi connectivity index (χ0n) is 16.9. The summed E-state index contributed by atoms with van der Waals surface area (Å²) in [4.78, 5) is 38.6. The third-order valence-electron chi connectivity index (χ3n) is 5.04. The second-order valence-electron chi connectivity index (χ2n) is 6.96. The SMILES string of the molecule is CCN(C(=O)[C@@H](C)OC(=O)CNC(=O)c1ccc(OC)cc1)C1CCCCC1. The Kier molecular flexibility index (Phi) is 8.29. The van der Waals surface area contributed by atoms with Crippen molar-refractivity contribution in [3.8, 4) is 5.75 Å². The van der Waals surface area contributed by atoms with Crippen molar-refractivity contribution in [2.45, 2.75) is 58.1 Å². The maximum Gasteiger partial charge on any atom is 0.326 e. The van der Waals surface area contributed by atoms with Crippen LogP contribution in [0.3, 0.4) is 0 Å². The van der Waals surface area contributed by atoms with Crippen LogP contribution in [0.15, 0.2) is 24.3 Å². The molecule has 0 heterocycles. The summed E-state index contributed by atoms with van der Waals surface area (Å²) in [6, 6.07) is 6.77. The van der Waals surface area contributed by atoms with E-state index in [0.717, 1.165) is 25.7 Å². The summed E-state index contributed by atoms with van der Waals surface area (Å²) < 4.78 is 10.3. The molecule has 1 fully saturated rings. The second kappa shape index (κ2) is 10.7. The molecule has 1 aromatic rings. The number of carbonyl (C=O) groups is 3. The normalized spacial score (nSPS) is 15.4. The summed E-state index contributed by atoms with van der Waals surface area (Å²) in [6.07, 6.45) is 4.59. The molecule has 0 aliphatic heterocycles. The van der Waals surface area contributed by atoms with Crippen LogP contribution in [0.1, 0.15) is 56.3 Å². The van der Waals surface area contributed by atoms with Crippen LogP contribution in [0.4, 0.5) is 0 Å². The highest BCUT2D eigenvalue weighted by atomic mass is 16.5. The van der Waals surface area contributed by atoms with E-state index >= 15 is 0 Å². The fourth-order valence-corrected chi connectivity index (χ4v) is 3.51. The first-order valence-corrected chi connectivity index (χ1v) is 9.88. The molecule has 0 bridgehead atoms. The van der Waals surface area contributed by atoms with Gasteiger partial charge in [0.05, 0.1) is 7.11 Å². The van der Waals surface area contributed by atoms with Gasteiger partial charge in [0, 0.05) is 18.2 Å². The molecule has 1 aromatic carbocycles. The third kappa shape index (κ3) is 5.97. The van der Waals surface area contributed by atoms with Crippen molar-refractivity contribution < 1.29 is 23.9 Å². The van der Waals surface area contributed by atoms with Crippen molar-refractivity contribution in [3.05, 3.63) is 29.8 Å². The Hall–Kier alpha value is -2.57. The average molecular weight is 390 g/mol. The highest BCUT2D eigenvalue weighted by molar-refractivity contribution is 5.96. The molecule has 1 aliphatic carbocycles. The van der Waals surface area contributed by atoms with Gasteiger partial charge in [-0.1, -0.05) is 19.3 Å². The number of esters is 1. The minimum absolute atomic E-state index is 0.177. The van der Waals surface area contributed by atoms with Crippen LogP contribution in [-0.2, 0) is 14.3 Å². The van der Waals surface area contributed by atoms with Gasteiger partial charge in [0.15, 0.2) is 6.10 Å². The molecular weight excluding hydrogens is 360 g/mol. The Bertz CT molecular complexity index is 668. The number of methoxy groups -OCH3 is 1. The molecule has 0 unspecified atom stereocenters. The van der Waals surface area contributed by atoms with Gasteiger partial charge >= 0.3 is 5.97 Å². The number of carbonyl (C=O) groups excluding carboxylic acids is 3. The van der Waals surface area contributed by atoms with E-state index < -0.39 is 18.0 Å². The topological polar surface area (TPSA) is 84.9 Å². The minimum atomic E-state index is -0.868. The lowest BCUT2D eigenvalue weighted by Gasteiger charge is -2.35. The van der Waals surface area contributed by atoms with Crippen molar-refractivity contribution in [3.63, 3.8) is 0 Å². The molecule has 1 atom stereocenters. The molecule has 0 saturated heterocycles. The molecule has 1 aliphatic rings. The van der Waals surface area contributed by atoms with E-state index in [1.165, 1.54) is 6.42 Å². The van der Waals surface area contributed by atoms with Gasteiger partial charge in [0.2, 0.25) is 0 Å². The first-order chi connectivity index (χ1) is 13.5. The fourth-order valence-electron chi connectivity index (χ4n) is 3.51. The minimum Gasteiger partial charge on any atom is -0.497 e. The van der Waals surface area contributed by atoms with Crippen LogP contribution >= 0.6 is 0 Å². The summed E-state index contributed by atoms with van der Waals surface area (Å²) in [6.45, 7) is 3.82. The van der Waals surface area contributed by atoms with E-state index in [1.54, 1.807) is 38.3 Å². The molecule has 0 aromatic heterocycles. The van der Waals surface area contributed by atoms with Crippen molar-refractivity contribution in [2.75, 3.05) is 20.2 Å². The first kappa shape index (κ1) is 21.7. The lowest BCUT2D eigenvalue weighted by molar-refractivity contribution is -0.159. The van der Waals surface area contributed by atoms with E-state index in [-0.39, 0.29) is 18.5 Å². The summed E-state index contributed by atoms with van der Waals surface area (Å²) >= 11 is 0. The summed E-state index contributed by atoms with van der Waals surface area (Å²) in [7, 11) is 1.54. The summed E-state index contributed by atoms with van der Waals surface area (Å²) in [5.41, 5.74) is 0.409. The third-order valence-corrected chi connectivity index (χ3v) is 5.04. The van der Waals surface area contributed by atoms with Gasteiger partial charge in [-0.15, -0.1) is 0 Å². The molecule has 2 rings (SSSR count). The molecule has 7 heteroatoms. The van der Waals surface area contributed by atoms with Crippen LogP contribution in [-0.4, -0.2) is 55.0 Å². The van der Waals surface area contributed by atoms with Crippen LogP contribution in [0.5, 0.6) is 5.75 Å². The van der Waals surface area contributed by atoms with Crippen LogP contribution in [0.25, 0.3) is 0 Å². The largest absolute Gasteiger partial charge is 0.497 e. The molecule has 1 saturated carbocycles. The second-order valence-corrected chi connectivity index (χ2v) is 6.96. The number of hydrogen-bond donors (Lipinski definition) is 1. The van der Waals surface area contributed by atoms with E-state index in [4.69, 9.17) is 9.47 Å².